The van der Waals surface area contributed by atoms with Gasteiger partial charge >= 0.3 is 6.61 Å². The van der Waals surface area contributed by atoms with Crippen molar-refractivity contribution in [3.05, 3.63) is 71.2 Å². The van der Waals surface area contributed by atoms with Gasteiger partial charge in [0.1, 0.15) is 22.9 Å². The summed E-state index contributed by atoms with van der Waals surface area (Å²) in [5.41, 5.74) is 0.850. The van der Waals surface area contributed by atoms with Crippen molar-refractivity contribution in [3.8, 4) is 28.5 Å². The van der Waals surface area contributed by atoms with Crippen LogP contribution in [0.3, 0.4) is 0 Å². The number of ketones is 1. The molecule has 0 amide bonds. The van der Waals surface area contributed by atoms with Crippen molar-refractivity contribution in [2.24, 2.45) is 5.92 Å². The largest absolute Gasteiger partial charge is 0.494 e. The lowest BCUT2D eigenvalue weighted by atomic mass is 9.86. The Morgan fingerprint density at radius 1 is 1.05 bits per heavy atom. The smallest absolute Gasteiger partial charge is 0.387 e. The molecule has 37 heavy (non-hydrogen) atoms. The van der Waals surface area contributed by atoms with Crippen LogP contribution in [0, 0.1) is 18.7 Å². The fourth-order valence-corrected chi connectivity index (χ4v) is 4.44. The summed E-state index contributed by atoms with van der Waals surface area (Å²) in [6.07, 6.45) is 1.67. The number of alkyl halides is 2. The standard InChI is InChI=1S/C28H28F3NO5/c1-16-14-18(4-8-20(16)29)26-23(35-2)10-11-25(32-26)28(34,19-6-7-19)13-12-21(33)17-5-9-22(37-27(30)31)24(15-17)36-3/h4-5,8-11,14-15,19,27,34H,6-7,12-13H2,1-3H3. The van der Waals surface area contributed by atoms with E-state index in [9.17, 15) is 23.1 Å². The van der Waals surface area contributed by atoms with Gasteiger partial charge in [-0.3, -0.25) is 4.79 Å². The van der Waals surface area contributed by atoms with Crippen molar-refractivity contribution in [1.82, 2.24) is 4.98 Å². The number of halogens is 3. The van der Waals surface area contributed by atoms with E-state index in [1.54, 1.807) is 31.2 Å². The van der Waals surface area contributed by atoms with E-state index in [1.807, 2.05) is 0 Å². The maximum Gasteiger partial charge on any atom is 0.387 e. The Morgan fingerprint density at radius 3 is 2.38 bits per heavy atom. The number of ether oxygens (including phenoxy) is 3. The molecule has 1 aliphatic rings. The van der Waals surface area contributed by atoms with Crippen LogP contribution in [0.15, 0.2) is 48.5 Å². The summed E-state index contributed by atoms with van der Waals surface area (Å²) < 4.78 is 54.0. The van der Waals surface area contributed by atoms with E-state index < -0.39 is 12.2 Å². The quantitative estimate of drug-likeness (QED) is 0.312. The van der Waals surface area contributed by atoms with E-state index in [0.717, 1.165) is 12.8 Å². The predicted octanol–water partition coefficient (Wildman–Crippen LogP) is 6.08. The molecule has 0 saturated heterocycles. The van der Waals surface area contributed by atoms with Crippen LogP contribution in [0.4, 0.5) is 13.2 Å². The topological polar surface area (TPSA) is 77.9 Å². The highest BCUT2D eigenvalue weighted by Crippen LogP contribution is 2.49. The Labute approximate surface area is 213 Å². The van der Waals surface area contributed by atoms with Crippen LogP contribution < -0.4 is 14.2 Å². The zero-order chi connectivity index (χ0) is 26.7. The first kappa shape index (κ1) is 26.5. The van der Waals surface area contributed by atoms with Gasteiger partial charge in [0.2, 0.25) is 0 Å². The molecular weight excluding hydrogens is 487 g/mol. The number of hydrogen-bond donors (Lipinski definition) is 1. The SMILES string of the molecule is COc1cc(C(=O)CCC(O)(c2ccc(OC)c(-c3ccc(F)c(C)c3)n2)C2CC2)ccc1OC(F)F. The molecule has 1 aromatic heterocycles. The van der Waals surface area contributed by atoms with Crippen molar-refractivity contribution >= 4 is 5.78 Å². The first-order valence-electron chi connectivity index (χ1n) is 11.9. The fraction of sp³-hybridized carbons (Fsp3) is 0.357. The van der Waals surface area contributed by atoms with Crippen LogP contribution in [-0.4, -0.2) is 36.7 Å². The zero-order valence-corrected chi connectivity index (χ0v) is 20.8. The van der Waals surface area contributed by atoms with E-state index in [4.69, 9.17) is 14.5 Å². The van der Waals surface area contributed by atoms with Gasteiger partial charge in [0.15, 0.2) is 17.3 Å². The van der Waals surface area contributed by atoms with Gasteiger partial charge < -0.3 is 19.3 Å². The summed E-state index contributed by atoms with van der Waals surface area (Å²) >= 11 is 0. The van der Waals surface area contributed by atoms with E-state index in [-0.39, 0.29) is 47.4 Å². The molecule has 4 rings (SSSR count). The van der Waals surface area contributed by atoms with E-state index in [1.165, 1.54) is 38.5 Å². The molecule has 0 spiro atoms. The molecule has 9 heteroatoms. The Hall–Kier alpha value is -3.59. The van der Waals surface area contributed by atoms with Gasteiger partial charge in [0.05, 0.1) is 19.9 Å². The monoisotopic (exact) mass is 515 g/mol. The normalized spacial score (nSPS) is 14.8. The molecule has 1 heterocycles. The zero-order valence-electron chi connectivity index (χ0n) is 20.8. The maximum atomic E-state index is 13.8. The van der Waals surface area contributed by atoms with Crippen LogP contribution in [0.2, 0.25) is 0 Å². The van der Waals surface area contributed by atoms with E-state index in [0.29, 0.717) is 28.3 Å². The first-order valence-corrected chi connectivity index (χ1v) is 11.9. The highest BCUT2D eigenvalue weighted by Gasteiger charge is 2.46. The van der Waals surface area contributed by atoms with E-state index in [2.05, 4.69) is 4.74 Å². The molecule has 1 N–H and O–H groups in total. The highest BCUT2D eigenvalue weighted by atomic mass is 19.3. The summed E-state index contributed by atoms with van der Waals surface area (Å²) in [5, 5.41) is 11.8. The van der Waals surface area contributed by atoms with Gasteiger partial charge in [-0.05, 0) is 86.2 Å². The van der Waals surface area contributed by atoms with Gasteiger partial charge in [-0.15, -0.1) is 0 Å². The molecule has 196 valence electrons. The first-order chi connectivity index (χ1) is 17.7. The van der Waals surface area contributed by atoms with Crippen LogP contribution in [0.25, 0.3) is 11.3 Å². The second-order valence-electron chi connectivity index (χ2n) is 9.08. The van der Waals surface area contributed by atoms with Gasteiger partial charge in [0, 0.05) is 17.5 Å². The number of nitrogens with zero attached hydrogens (tertiary/aromatic N) is 1. The van der Waals surface area contributed by atoms with Gasteiger partial charge in [-0.2, -0.15) is 8.78 Å². The number of carbonyl (C=O) groups excluding carboxylic acids is 1. The van der Waals surface area contributed by atoms with E-state index >= 15 is 0 Å². The second kappa shape index (κ2) is 10.8. The number of aryl methyl sites for hydroxylation is 1. The lowest BCUT2D eigenvalue weighted by Gasteiger charge is -2.28. The summed E-state index contributed by atoms with van der Waals surface area (Å²) in [5.74, 6) is -0.377. The van der Waals surface area contributed by atoms with Crippen LogP contribution in [-0.2, 0) is 5.60 Å². The predicted molar refractivity (Wildman–Crippen MR) is 131 cm³/mol. The van der Waals surface area contributed by atoms with Gasteiger partial charge in [-0.1, -0.05) is 0 Å². The van der Waals surface area contributed by atoms with Gasteiger partial charge in [0.25, 0.3) is 0 Å². The minimum Gasteiger partial charge on any atom is -0.494 e. The van der Waals surface area contributed by atoms with Crippen LogP contribution in [0.5, 0.6) is 17.2 Å². The maximum absolute atomic E-state index is 13.8. The number of rotatable bonds is 11. The number of Topliss-reactive ketones (excluding diaryl/α,β-unsaturated/α-hetero) is 1. The number of benzene rings is 2. The Bertz CT molecular complexity index is 1290. The fourth-order valence-electron chi connectivity index (χ4n) is 4.44. The number of hydrogen-bond acceptors (Lipinski definition) is 6. The third-order valence-corrected chi connectivity index (χ3v) is 6.64. The van der Waals surface area contributed by atoms with Crippen LogP contribution >= 0.6 is 0 Å². The number of aliphatic hydroxyl groups is 1. The molecule has 1 atom stereocenters. The average Bonchev–Trinajstić information content (AvgIpc) is 3.74. The second-order valence-corrected chi connectivity index (χ2v) is 9.08. The lowest BCUT2D eigenvalue weighted by molar-refractivity contribution is -0.0512. The van der Waals surface area contributed by atoms with Crippen molar-refractivity contribution in [2.45, 2.75) is 44.8 Å². The average molecular weight is 516 g/mol. The van der Waals surface area contributed by atoms with Gasteiger partial charge in [-0.25, -0.2) is 9.37 Å². The molecule has 1 fully saturated rings. The van der Waals surface area contributed by atoms with Crippen molar-refractivity contribution in [1.29, 1.82) is 0 Å². The molecular formula is C28H28F3NO5. The molecule has 1 saturated carbocycles. The third-order valence-electron chi connectivity index (χ3n) is 6.64. The van der Waals surface area contributed by atoms with Crippen molar-refractivity contribution in [3.63, 3.8) is 0 Å². The number of pyridine rings is 1. The molecule has 0 aliphatic heterocycles. The molecule has 0 radical (unpaired) electrons. The minimum absolute atomic E-state index is 0.0100. The highest BCUT2D eigenvalue weighted by molar-refractivity contribution is 5.96. The summed E-state index contributed by atoms with van der Waals surface area (Å²) in [6, 6.07) is 12.0. The Balaban J connectivity index is 1.60. The molecule has 1 unspecified atom stereocenters. The number of aromatic nitrogens is 1. The summed E-state index contributed by atoms with van der Waals surface area (Å²) in [6.45, 7) is -1.37. The number of methoxy groups -OCH3 is 2. The Morgan fingerprint density at radius 2 is 1.76 bits per heavy atom. The summed E-state index contributed by atoms with van der Waals surface area (Å²) in [7, 11) is 2.80. The molecule has 1 aliphatic carbocycles. The Kier molecular flexibility index (Phi) is 7.73. The van der Waals surface area contributed by atoms with Crippen LogP contribution in [0.1, 0.15) is 47.3 Å². The number of carbonyl (C=O) groups is 1. The molecule has 0 bridgehead atoms. The van der Waals surface area contributed by atoms with Crippen molar-refractivity contribution < 1.29 is 37.3 Å². The molecule has 2 aromatic carbocycles. The lowest BCUT2D eigenvalue weighted by Crippen LogP contribution is -2.30. The summed E-state index contributed by atoms with van der Waals surface area (Å²) in [4.78, 5) is 17.7. The van der Waals surface area contributed by atoms with Crippen molar-refractivity contribution in [2.75, 3.05) is 14.2 Å². The molecule has 6 nitrogen and oxygen atoms in total. The minimum atomic E-state index is -3.02. The molecule has 3 aromatic rings. The third kappa shape index (κ3) is 5.72.